The smallest absolute Gasteiger partial charge is 0.332 e. The molecule has 0 aliphatic carbocycles. The number of carbonyl (C=O) groups excluding carboxylic acids is 1. The molecule has 3 aromatic heterocycles. The van der Waals surface area contributed by atoms with E-state index in [2.05, 4.69) is 33.2 Å². The minimum absolute atomic E-state index is 0.0829. The summed E-state index contributed by atoms with van der Waals surface area (Å²) in [6, 6.07) is 12.2. The Labute approximate surface area is 251 Å². The highest BCUT2D eigenvalue weighted by Crippen LogP contribution is 2.29. The third-order valence-corrected chi connectivity index (χ3v) is 6.08. The predicted molar refractivity (Wildman–Crippen MR) is 162 cm³/mol. The van der Waals surface area contributed by atoms with Gasteiger partial charge in [-0.25, -0.2) is 9.78 Å². The van der Waals surface area contributed by atoms with Crippen LogP contribution in [-0.4, -0.2) is 99.2 Å². The molecule has 0 aliphatic heterocycles. The summed E-state index contributed by atoms with van der Waals surface area (Å²) in [5, 5.41) is 2.27. The predicted octanol–water partition coefficient (Wildman–Crippen LogP) is 4.58. The summed E-state index contributed by atoms with van der Waals surface area (Å²) in [7, 11) is 0. The highest BCUT2D eigenvalue weighted by Gasteiger charge is 2.16. The molecule has 0 unspecified atom stereocenters. The minimum atomic E-state index is -0.511. The van der Waals surface area contributed by atoms with Crippen molar-refractivity contribution in [3.63, 3.8) is 0 Å². The SMILES string of the molecule is CC(C)(C)OC(=O)COCCOCCOCCOCCOCCOc1ccc(-c2ccc3c(c2)[nH]c2ccncc23)cn1. The number of rotatable bonds is 19. The summed E-state index contributed by atoms with van der Waals surface area (Å²) in [6.07, 6.45) is 5.48. The molecule has 1 aromatic carbocycles. The second-order valence-electron chi connectivity index (χ2n) is 10.6. The van der Waals surface area contributed by atoms with Crippen LogP contribution >= 0.6 is 0 Å². The number of esters is 1. The topological polar surface area (TPSA) is 123 Å². The number of aromatic amines is 1. The largest absolute Gasteiger partial charge is 0.475 e. The molecule has 0 saturated heterocycles. The molecular weight excluding hydrogens is 554 g/mol. The Morgan fingerprint density at radius 1 is 0.698 bits per heavy atom. The van der Waals surface area contributed by atoms with Gasteiger partial charge in [0.15, 0.2) is 0 Å². The van der Waals surface area contributed by atoms with Crippen LogP contribution in [-0.2, 0) is 33.2 Å². The Morgan fingerprint density at radius 2 is 1.33 bits per heavy atom. The average Bonchev–Trinajstić information content (AvgIpc) is 3.36. The molecule has 4 rings (SSSR count). The van der Waals surface area contributed by atoms with Gasteiger partial charge in [-0.15, -0.1) is 0 Å². The van der Waals surface area contributed by atoms with Gasteiger partial charge in [0.25, 0.3) is 0 Å². The van der Waals surface area contributed by atoms with Crippen molar-refractivity contribution in [3.05, 3.63) is 55.0 Å². The number of nitrogens with zero attached hydrogens (tertiary/aromatic N) is 2. The maximum Gasteiger partial charge on any atom is 0.332 e. The molecule has 1 N–H and O–H groups in total. The van der Waals surface area contributed by atoms with E-state index >= 15 is 0 Å². The standard InChI is InChI=1S/C32H41N3O8/c1-32(2,3)43-31(36)23-41-17-16-39-13-12-37-10-11-38-14-15-40-18-19-42-30-7-5-25(21-34-30)24-4-6-26-27-22-33-9-8-28(27)35-29(26)20-24/h4-9,20-22,35H,10-19,23H2,1-3H3. The summed E-state index contributed by atoms with van der Waals surface area (Å²) in [5.41, 5.74) is 3.71. The number of H-pyrrole nitrogens is 1. The monoisotopic (exact) mass is 595 g/mol. The number of aromatic nitrogens is 3. The van der Waals surface area contributed by atoms with Crippen molar-refractivity contribution in [2.24, 2.45) is 0 Å². The molecule has 43 heavy (non-hydrogen) atoms. The van der Waals surface area contributed by atoms with Crippen LogP contribution in [0.5, 0.6) is 5.88 Å². The second-order valence-corrected chi connectivity index (χ2v) is 10.6. The van der Waals surface area contributed by atoms with Gasteiger partial charge in [-0.1, -0.05) is 12.1 Å². The molecule has 0 fully saturated rings. The molecule has 0 aliphatic rings. The summed E-state index contributed by atoms with van der Waals surface area (Å²) in [4.78, 5) is 23.6. The van der Waals surface area contributed by atoms with Crippen LogP contribution in [0.25, 0.3) is 32.9 Å². The molecule has 11 heteroatoms. The first-order chi connectivity index (χ1) is 20.9. The fourth-order valence-corrected chi connectivity index (χ4v) is 4.17. The van der Waals surface area contributed by atoms with Gasteiger partial charge in [0, 0.05) is 52.0 Å². The number of carbonyl (C=O) groups is 1. The van der Waals surface area contributed by atoms with E-state index in [9.17, 15) is 4.79 Å². The van der Waals surface area contributed by atoms with Gasteiger partial charge in [0.1, 0.15) is 18.8 Å². The number of nitrogens with one attached hydrogen (secondary N) is 1. The zero-order chi connectivity index (χ0) is 30.3. The van der Waals surface area contributed by atoms with Crippen LogP contribution in [0.1, 0.15) is 20.8 Å². The van der Waals surface area contributed by atoms with Crippen LogP contribution in [0.15, 0.2) is 55.0 Å². The lowest BCUT2D eigenvalue weighted by Crippen LogP contribution is -2.27. The van der Waals surface area contributed by atoms with Crippen molar-refractivity contribution in [3.8, 4) is 17.0 Å². The van der Waals surface area contributed by atoms with Crippen LogP contribution < -0.4 is 4.74 Å². The first-order valence-electron chi connectivity index (χ1n) is 14.4. The van der Waals surface area contributed by atoms with Crippen molar-refractivity contribution in [1.82, 2.24) is 15.0 Å². The lowest BCUT2D eigenvalue weighted by Gasteiger charge is -2.19. The first kappa shape index (κ1) is 32.3. The molecule has 0 atom stereocenters. The molecule has 0 bridgehead atoms. The third-order valence-electron chi connectivity index (χ3n) is 6.08. The third kappa shape index (κ3) is 11.2. The number of ether oxygens (including phenoxy) is 7. The lowest BCUT2D eigenvalue weighted by atomic mass is 10.1. The lowest BCUT2D eigenvalue weighted by molar-refractivity contribution is -0.160. The Kier molecular flexibility index (Phi) is 12.7. The Balaban J connectivity index is 0.962. The zero-order valence-electron chi connectivity index (χ0n) is 25.1. The molecule has 3 heterocycles. The Morgan fingerprint density at radius 3 is 1.95 bits per heavy atom. The molecular formula is C32H41N3O8. The quantitative estimate of drug-likeness (QED) is 0.122. The maximum atomic E-state index is 11.5. The Hall–Kier alpha value is -3.61. The fourth-order valence-electron chi connectivity index (χ4n) is 4.17. The number of hydrogen-bond acceptors (Lipinski definition) is 10. The van der Waals surface area contributed by atoms with Crippen molar-refractivity contribution < 1.29 is 38.0 Å². The van der Waals surface area contributed by atoms with Crippen LogP contribution in [0.2, 0.25) is 0 Å². The molecule has 0 spiro atoms. The van der Waals surface area contributed by atoms with Gasteiger partial charge in [0.2, 0.25) is 5.88 Å². The first-order valence-corrected chi connectivity index (χ1v) is 14.4. The van der Waals surface area contributed by atoms with Crippen LogP contribution in [0.3, 0.4) is 0 Å². The van der Waals surface area contributed by atoms with E-state index in [0.717, 1.165) is 32.9 Å². The van der Waals surface area contributed by atoms with E-state index in [1.807, 2.05) is 51.4 Å². The van der Waals surface area contributed by atoms with E-state index in [4.69, 9.17) is 33.2 Å². The van der Waals surface area contributed by atoms with Gasteiger partial charge in [-0.3, -0.25) is 4.98 Å². The summed E-state index contributed by atoms with van der Waals surface area (Å²) >= 11 is 0. The van der Waals surface area contributed by atoms with Gasteiger partial charge < -0.3 is 38.1 Å². The van der Waals surface area contributed by atoms with Crippen molar-refractivity contribution >= 4 is 27.8 Å². The average molecular weight is 596 g/mol. The Bertz CT molecular complexity index is 1400. The van der Waals surface area contributed by atoms with Crippen LogP contribution in [0, 0.1) is 0 Å². The van der Waals surface area contributed by atoms with E-state index in [1.165, 1.54) is 0 Å². The number of fused-ring (bicyclic) bond motifs is 3. The van der Waals surface area contributed by atoms with E-state index in [0.29, 0.717) is 71.9 Å². The highest BCUT2D eigenvalue weighted by molar-refractivity contribution is 6.07. The van der Waals surface area contributed by atoms with Crippen molar-refractivity contribution in [2.45, 2.75) is 26.4 Å². The van der Waals surface area contributed by atoms with Gasteiger partial charge in [0.05, 0.1) is 59.5 Å². The van der Waals surface area contributed by atoms with E-state index in [1.54, 1.807) is 6.20 Å². The summed E-state index contributed by atoms with van der Waals surface area (Å²) in [6.45, 7) is 9.67. The molecule has 11 nitrogen and oxygen atoms in total. The molecule has 0 saturated carbocycles. The molecule has 0 radical (unpaired) electrons. The summed E-state index contributed by atoms with van der Waals surface area (Å²) < 4.78 is 38.0. The number of benzene rings is 1. The van der Waals surface area contributed by atoms with Gasteiger partial charge in [-0.05, 0) is 44.5 Å². The zero-order valence-corrected chi connectivity index (χ0v) is 25.1. The van der Waals surface area contributed by atoms with Crippen molar-refractivity contribution in [2.75, 3.05) is 72.7 Å². The van der Waals surface area contributed by atoms with Crippen molar-refractivity contribution in [1.29, 1.82) is 0 Å². The molecule has 232 valence electrons. The molecule has 4 aromatic rings. The normalized spacial score (nSPS) is 11.8. The second kappa shape index (κ2) is 16.9. The maximum absolute atomic E-state index is 11.5. The highest BCUT2D eigenvalue weighted by atomic mass is 16.6. The van der Waals surface area contributed by atoms with E-state index in [-0.39, 0.29) is 12.6 Å². The van der Waals surface area contributed by atoms with E-state index < -0.39 is 5.60 Å². The number of hydrogen-bond donors (Lipinski definition) is 1. The minimum Gasteiger partial charge on any atom is -0.475 e. The number of pyridine rings is 2. The van der Waals surface area contributed by atoms with Gasteiger partial charge >= 0.3 is 5.97 Å². The van der Waals surface area contributed by atoms with Crippen LogP contribution in [0.4, 0.5) is 0 Å². The molecule has 0 amide bonds. The van der Waals surface area contributed by atoms with Gasteiger partial charge in [-0.2, -0.15) is 0 Å². The summed E-state index contributed by atoms with van der Waals surface area (Å²) in [5.74, 6) is 0.166. The fraction of sp³-hybridized carbons (Fsp3) is 0.469.